The summed E-state index contributed by atoms with van der Waals surface area (Å²) in [4.78, 5) is 0. The van der Waals surface area contributed by atoms with Gasteiger partial charge in [0.2, 0.25) is 0 Å². The number of halogens is 2. The molecule has 1 rings (SSSR count). The van der Waals surface area contributed by atoms with Gasteiger partial charge in [-0.1, -0.05) is 31.5 Å². The first-order chi connectivity index (χ1) is 6.02. The van der Waals surface area contributed by atoms with Crippen molar-refractivity contribution in [3.05, 3.63) is 34.1 Å². The van der Waals surface area contributed by atoms with Gasteiger partial charge in [0.25, 0.3) is 0 Å². The van der Waals surface area contributed by atoms with Crippen molar-refractivity contribution in [3.8, 4) is 0 Å². The number of benzene rings is 1. The molecule has 1 aromatic carbocycles. The van der Waals surface area contributed by atoms with Crippen LogP contribution in [-0.2, 0) is 6.42 Å². The summed E-state index contributed by atoms with van der Waals surface area (Å²) in [5, 5.41) is 0.539. The highest BCUT2D eigenvalue weighted by Crippen LogP contribution is 2.24. The summed E-state index contributed by atoms with van der Waals surface area (Å²) in [5.74, 6) is 0.273. The summed E-state index contributed by atoms with van der Waals surface area (Å²) in [6, 6.07) is 3.47. The van der Waals surface area contributed by atoms with Gasteiger partial charge >= 0.3 is 0 Å². The summed E-state index contributed by atoms with van der Waals surface area (Å²) in [5.41, 5.74) is 1.32. The first kappa shape index (κ1) is 10.5. The summed E-state index contributed by atoms with van der Waals surface area (Å²) in [6.07, 6.45) is 0.701. The second-order valence-corrected chi connectivity index (χ2v) is 4.16. The van der Waals surface area contributed by atoms with E-state index in [-0.39, 0.29) is 5.82 Å². The lowest BCUT2D eigenvalue weighted by Crippen LogP contribution is -2.00. The van der Waals surface area contributed by atoms with Crippen LogP contribution in [0.2, 0.25) is 5.02 Å². The van der Waals surface area contributed by atoms with Gasteiger partial charge in [-0.25, -0.2) is 4.39 Å². The quantitative estimate of drug-likeness (QED) is 0.678. The Hall–Kier alpha value is -0.560. The minimum absolute atomic E-state index is 0.152. The Labute approximate surface area is 83.7 Å². The summed E-state index contributed by atoms with van der Waals surface area (Å²) in [6.45, 7) is 5.87. The normalized spacial score (nSPS) is 10.9. The third-order valence-electron chi connectivity index (χ3n) is 1.99. The van der Waals surface area contributed by atoms with E-state index in [4.69, 9.17) is 11.6 Å². The van der Waals surface area contributed by atoms with E-state index in [9.17, 15) is 4.39 Å². The number of hydrogen-bond acceptors (Lipinski definition) is 0. The molecule has 0 fully saturated rings. The zero-order valence-corrected chi connectivity index (χ0v) is 8.95. The summed E-state index contributed by atoms with van der Waals surface area (Å²) in [7, 11) is 0. The van der Waals surface area contributed by atoms with E-state index in [2.05, 4.69) is 13.8 Å². The van der Waals surface area contributed by atoms with E-state index < -0.39 is 0 Å². The van der Waals surface area contributed by atoms with Crippen molar-refractivity contribution in [2.45, 2.75) is 27.2 Å². The van der Waals surface area contributed by atoms with Crippen LogP contribution in [0.15, 0.2) is 12.1 Å². The van der Waals surface area contributed by atoms with Gasteiger partial charge in [0.1, 0.15) is 5.82 Å². The van der Waals surface area contributed by atoms with Crippen LogP contribution in [0.5, 0.6) is 0 Å². The Morgan fingerprint density at radius 3 is 2.54 bits per heavy atom. The number of aryl methyl sites for hydroxylation is 1. The molecule has 0 bridgehead atoms. The van der Waals surface area contributed by atoms with Crippen LogP contribution in [0, 0.1) is 18.7 Å². The van der Waals surface area contributed by atoms with E-state index in [0.717, 1.165) is 0 Å². The maximum absolute atomic E-state index is 13.5. The fraction of sp³-hybridized carbons (Fsp3) is 0.455. The van der Waals surface area contributed by atoms with Gasteiger partial charge in [-0.3, -0.25) is 0 Å². The van der Waals surface area contributed by atoms with Crippen LogP contribution in [-0.4, -0.2) is 0 Å². The Balaban J connectivity index is 3.10. The van der Waals surface area contributed by atoms with Gasteiger partial charge in [0, 0.05) is 10.6 Å². The molecule has 0 saturated carbocycles. The Kier molecular flexibility index (Phi) is 3.32. The van der Waals surface area contributed by atoms with Crippen molar-refractivity contribution >= 4 is 11.6 Å². The van der Waals surface area contributed by atoms with Crippen LogP contribution in [0.1, 0.15) is 25.0 Å². The number of rotatable bonds is 2. The molecule has 72 valence electrons. The largest absolute Gasteiger partial charge is 0.206 e. The zero-order valence-electron chi connectivity index (χ0n) is 8.20. The van der Waals surface area contributed by atoms with Gasteiger partial charge in [-0.2, -0.15) is 0 Å². The fourth-order valence-electron chi connectivity index (χ4n) is 1.31. The third kappa shape index (κ3) is 2.44. The molecule has 0 radical (unpaired) electrons. The third-order valence-corrected chi connectivity index (χ3v) is 2.35. The smallest absolute Gasteiger partial charge is 0.130 e. The first-order valence-corrected chi connectivity index (χ1v) is 4.83. The average molecular weight is 201 g/mol. The molecule has 1 aromatic rings. The minimum atomic E-state index is -0.152. The monoisotopic (exact) mass is 200 g/mol. The molecule has 0 atom stereocenters. The molecule has 13 heavy (non-hydrogen) atoms. The van der Waals surface area contributed by atoms with Gasteiger partial charge in [-0.05, 0) is 30.9 Å². The summed E-state index contributed by atoms with van der Waals surface area (Å²) >= 11 is 5.91. The molecule has 0 spiro atoms. The standard InChI is InChI=1S/C11H14ClF/c1-7(2)6-9-10(12)5-4-8(3)11(9)13/h4-5,7H,6H2,1-3H3. The molecular weight excluding hydrogens is 187 g/mol. The van der Waals surface area contributed by atoms with Gasteiger partial charge in [0.15, 0.2) is 0 Å². The molecule has 0 heterocycles. The van der Waals surface area contributed by atoms with Crippen molar-refractivity contribution in [1.29, 1.82) is 0 Å². The minimum Gasteiger partial charge on any atom is -0.206 e. The highest BCUT2D eigenvalue weighted by atomic mass is 35.5. The highest BCUT2D eigenvalue weighted by Gasteiger charge is 2.10. The maximum atomic E-state index is 13.5. The second-order valence-electron chi connectivity index (χ2n) is 3.75. The van der Waals surface area contributed by atoms with E-state index in [1.165, 1.54) is 0 Å². The predicted octanol–water partition coefficient (Wildman–Crippen LogP) is 3.99. The Morgan fingerprint density at radius 2 is 2.00 bits per heavy atom. The molecule has 0 aromatic heterocycles. The van der Waals surface area contributed by atoms with Crippen molar-refractivity contribution in [2.75, 3.05) is 0 Å². The van der Waals surface area contributed by atoms with Crippen molar-refractivity contribution in [1.82, 2.24) is 0 Å². The molecule has 0 amide bonds. The van der Waals surface area contributed by atoms with Crippen LogP contribution in [0.25, 0.3) is 0 Å². The molecule has 0 aliphatic carbocycles. The van der Waals surface area contributed by atoms with Gasteiger partial charge in [-0.15, -0.1) is 0 Å². The lowest BCUT2D eigenvalue weighted by molar-refractivity contribution is 0.568. The molecular formula is C11H14ClF. The lowest BCUT2D eigenvalue weighted by atomic mass is 10.0. The van der Waals surface area contributed by atoms with Gasteiger partial charge in [0.05, 0.1) is 0 Å². The molecule has 0 unspecified atom stereocenters. The van der Waals surface area contributed by atoms with Crippen molar-refractivity contribution < 1.29 is 4.39 Å². The lowest BCUT2D eigenvalue weighted by Gasteiger charge is -2.10. The number of hydrogen-bond donors (Lipinski definition) is 0. The van der Waals surface area contributed by atoms with E-state index in [0.29, 0.717) is 28.5 Å². The highest BCUT2D eigenvalue weighted by molar-refractivity contribution is 6.31. The van der Waals surface area contributed by atoms with Gasteiger partial charge < -0.3 is 0 Å². The topological polar surface area (TPSA) is 0 Å². The van der Waals surface area contributed by atoms with E-state index >= 15 is 0 Å². The molecule has 0 nitrogen and oxygen atoms in total. The predicted molar refractivity (Wildman–Crippen MR) is 54.7 cm³/mol. The molecule has 0 aliphatic heterocycles. The fourth-order valence-corrected chi connectivity index (χ4v) is 1.53. The Bertz CT molecular complexity index is 305. The average Bonchev–Trinajstić information content (AvgIpc) is 2.05. The van der Waals surface area contributed by atoms with Crippen LogP contribution >= 0.6 is 11.6 Å². The maximum Gasteiger partial charge on any atom is 0.130 e. The van der Waals surface area contributed by atoms with Crippen LogP contribution in [0.3, 0.4) is 0 Å². The molecule has 2 heteroatoms. The second kappa shape index (κ2) is 4.10. The SMILES string of the molecule is Cc1ccc(Cl)c(CC(C)C)c1F. The van der Waals surface area contributed by atoms with Crippen molar-refractivity contribution in [2.24, 2.45) is 5.92 Å². The van der Waals surface area contributed by atoms with Crippen molar-refractivity contribution in [3.63, 3.8) is 0 Å². The van der Waals surface area contributed by atoms with E-state index in [1.54, 1.807) is 19.1 Å². The van der Waals surface area contributed by atoms with Crippen LogP contribution in [0.4, 0.5) is 4.39 Å². The molecule has 0 aliphatic rings. The first-order valence-electron chi connectivity index (χ1n) is 4.46. The molecule has 0 saturated heterocycles. The van der Waals surface area contributed by atoms with Crippen LogP contribution < -0.4 is 0 Å². The zero-order chi connectivity index (χ0) is 10.0. The Morgan fingerprint density at radius 1 is 1.38 bits per heavy atom. The molecule has 0 N–H and O–H groups in total. The van der Waals surface area contributed by atoms with E-state index in [1.807, 2.05) is 0 Å². The summed E-state index contributed by atoms with van der Waals surface area (Å²) < 4.78 is 13.5.